The van der Waals surface area contributed by atoms with Gasteiger partial charge in [0, 0.05) is 12.5 Å². The molecule has 1 aliphatic heterocycles. The smallest absolute Gasteiger partial charge is 0.416 e. The normalized spacial score (nSPS) is 17.3. The fourth-order valence-corrected chi connectivity index (χ4v) is 4.18. The molecule has 2 atom stereocenters. The molecule has 1 aliphatic rings. The highest BCUT2D eigenvalue weighted by atomic mass is 19.4. The summed E-state index contributed by atoms with van der Waals surface area (Å²) in [5, 5.41) is 0. The number of ether oxygens (including phenoxy) is 1. The van der Waals surface area contributed by atoms with Crippen molar-refractivity contribution in [3.8, 4) is 5.75 Å². The lowest BCUT2D eigenvalue weighted by molar-refractivity contribution is -0.137. The Hall–Kier alpha value is -2.05. The molecule has 0 spiro atoms. The third-order valence-electron chi connectivity index (χ3n) is 6.36. The van der Waals surface area contributed by atoms with E-state index in [1.165, 1.54) is 37.0 Å². The van der Waals surface area contributed by atoms with E-state index >= 15 is 0 Å². The summed E-state index contributed by atoms with van der Waals surface area (Å²) < 4.78 is 44.4. The molecule has 6 heteroatoms. The predicted octanol–water partition coefficient (Wildman–Crippen LogP) is 5.84. The lowest BCUT2D eigenvalue weighted by Crippen LogP contribution is -2.33. The summed E-state index contributed by atoms with van der Waals surface area (Å²) >= 11 is 0. The number of piperidine rings is 1. The minimum absolute atomic E-state index is 0.257. The van der Waals surface area contributed by atoms with Gasteiger partial charge in [-0.2, -0.15) is 13.2 Å². The van der Waals surface area contributed by atoms with Crippen LogP contribution in [0.5, 0.6) is 5.75 Å². The molecule has 0 bridgehead atoms. The molecule has 2 aromatic carbocycles. The molecular weight excluding hydrogens is 401 g/mol. The number of hydrogen-bond donors (Lipinski definition) is 1. The minimum atomic E-state index is -4.33. The number of likely N-dealkylation sites (tertiary alicyclic amines) is 1. The Balaban J connectivity index is 1.66. The number of benzene rings is 2. The second-order valence-electron chi connectivity index (χ2n) is 8.52. The van der Waals surface area contributed by atoms with Crippen molar-refractivity contribution in [2.24, 2.45) is 11.7 Å². The Bertz CT molecular complexity index is 784. The number of alkyl halides is 3. The van der Waals surface area contributed by atoms with Crippen LogP contribution in [0, 0.1) is 5.92 Å². The zero-order valence-electron chi connectivity index (χ0n) is 18.2. The van der Waals surface area contributed by atoms with Crippen molar-refractivity contribution in [3.05, 3.63) is 65.2 Å². The Labute approximate surface area is 183 Å². The van der Waals surface area contributed by atoms with Crippen LogP contribution in [-0.4, -0.2) is 31.1 Å². The van der Waals surface area contributed by atoms with E-state index in [0.29, 0.717) is 18.9 Å². The molecule has 0 aliphatic carbocycles. The molecule has 31 heavy (non-hydrogen) atoms. The Kier molecular flexibility index (Phi) is 8.38. The number of hydrogen-bond acceptors (Lipinski definition) is 3. The van der Waals surface area contributed by atoms with E-state index in [4.69, 9.17) is 10.5 Å². The van der Waals surface area contributed by atoms with Crippen molar-refractivity contribution in [3.63, 3.8) is 0 Å². The second kappa shape index (κ2) is 11.0. The lowest BCUT2D eigenvalue weighted by Gasteiger charge is -2.30. The van der Waals surface area contributed by atoms with Crippen LogP contribution in [0.25, 0.3) is 0 Å². The number of nitrogens with two attached hydrogens (primary N) is 1. The van der Waals surface area contributed by atoms with Gasteiger partial charge in [-0.3, -0.25) is 0 Å². The van der Waals surface area contributed by atoms with Gasteiger partial charge in [-0.05, 0) is 80.2 Å². The quantitative estimate of drug-likeness (QED) is 0.539. The first-order valence-corrected chi connectivity index (χ1v) is 11.2. The molecule has 2 aromatic rings. The van der Waals surface area contributed by atoms with Gasteiger partial charge in [0.15, 0.2) is 0 Å². The molecule has 1 fully saturated rings. The van der Waals surface area contributed by atoms with E-state index < -0.39 is 11.7 Å². The fourth-order valence-electron chi connectivity index (χ4n) is 4.18. The Morgan fingerprint density at radius 2 is 1.61 bits per heavy atom. The third-order valence-corrected chi connectivity index (χ3v) is 6.36. The number of halogens is 3. The summed E-state index contributed by atoms with van der Waals surface area (Å²) in [6.07, 6.45) is 0.465. The second-order valence-corrected chi connectivity index (χ2v) is 8.52. The predicted molar refractivity (Wildman–Crippen MR) is 118 cm³/mol. The standard InChI is InChI=1S/C25H33F3N2O/c1-19(21-7-5-20(17-29)6-8-21)22(13-16-30-14-3-2-4-15-30)18-31-24-11-9-23(10-12-24)25(26,27)28/h5-12,19,22H,2-4,13-18,29H2,1H3. The van der Waals surface area contributed by atoms with Crippen molar-refractivity contribution >= 4 is 0 Å². The average Bonchev–Trinajstić information content (AvgIpc) is 2.79. The molecular formula is C25H33F3N2O. The average molecular weight is 435 g/mol. The molecule has 0 saturated carbocycles. The van der Waals surface area contributed by atoms with Gasteiger partial charge in [-0.15, -0.1) is 0 Å². The zero-order valence-corrected chi connectivity index (χ0v) is 18.2. The van der Waals surface area contributed by atoms with Gasteiger partial charge in [-0.1, -0.05) is 37.6 Å². The molecule has 0 aromatic heterocycles. The maximum Gasteiger partial charge on any atom is 0.416 e. The largest absolute Gasteiger partial charge is 0.493 e. The Morgan fingerprint density at radius 1 is 0.968 bits per heavy atom. The van der Waals surface area contributed by atoms with Crippen molar-refractivity contribution in [1.29, 1.82) is 0 Å². The lowest BCUT2D eigenvalue weighted by atomic mass is 9.85. The van der Waals surface area contributed by atoms with Crippen molar-refractivity contribution in [2.45, 2.75) is 51.2 Å². The fraction of sp³-hybridized carbons (Fsp3) is 0.520. The van der Waals surface area contributed by atoms with E-state index in [1.807, 2.05) is 0 Å². The van der Waals surface area contributed by atoms with E-state index in [1.54, 1.807) is 0 Å². The highest BCUT2D eigenvalue weighted by Crippen LogP contribution is 2.32. The SMILES string of the molecule is CC(c1ccc(CN)cc1)C(CCN1CCCCC1)COc1ccc(C(F)(F)F)cc1. The van der Waals surface area contributed by atoms with Gasteiger partial charge in [0.1, 0.15) is 5.75 Å². The first-order chi connectivity index (χ1) is 14.9. The maximum atomic E-state index is 12.8. The maximum absolute atomic E-state index is 12.8. The van der Waals surface area contributed by atoms with Crippen LogP contribution in [0.4, 0.5) is 13.2 Å². The molecule has 0 amide bonds. The van der Waals surface area contributed by atoms with Crippen LogP contribution < -0.4 is 10.5 Å². The van der Waals surface area contributed by atoms with Gasteiger partial charge in [0.2, 0.25) is 0 Å². The van der Waals surface area contributed by atoms with Crippen LogP contribution >= 0.6 is 0 Å². The summed E-state index contributed by atoms with van der Waals surface area (Å²) in [4.78, 5) is 2.51. The van der Waals surface area contributed by atoms with Gasteiger partial charge < -0.3 is 15.4 Å². The van der Waals surface area contributed by atoms with Crippen LogP contribution in [0.1, 0.15) is 55.2 Å². The first kappa shape index (κ1) is 23.6. The van der Waals surface area contributed by atoms with Gasteiger partial charge in [0.25, 0.3) is 0 Å². The van der Waals surface area contributed by atoms with E-state index in [-0.39, 0.29) is 11.8 Å². The van der Waals surface area contributed by atoms with Crippen LogP contribution in [-0.2, 0) is 12.7 Å². The highest BCUT2D eigenvalue weighted by molar-refractivity contribution is 5.29. The molecule has 1 saturated heterocycles. The third kappa shape index (κ3) is 6.97. The molecule has 0 radical (unpaired) electrons. The molecule has 3 rings (SSSR count). The van der Waals surface area contributed by atoms with Gasteiger partial charge in [-0.25, -0.2) is 0 Å². The zero-order chi connectivity index (χ0) is 22.3. The molecule has 170 valence electrons. The highest BCUT2D eigenvalue weighted by Gasteiger charge is 2.30. The van der Waals surface area contributed by atoms with E-state index in [2.05, 4.69) is 36.1 Å². The van der Waals surface area contributed by atoms with Gasteiger partial charge in [0.05, 0.1) is 12.2 Å². The summed E-state index contributed by atoms with van der Waals surface area (Å²) in [6, 6.07) is 13.3. The van der Waals surface area contributed by atoms with Crippen molar-refractivity contribution in [1.82, 2.24) is 4.90 Å². The summed E-state index contributed by atoms with van der Waals surface area (Å²) in [6.45, 7) is 6.50. The molecule has 1 heterocycles. The van der Waals surface area contributed by atoms with Crippen LogP contribution in [0.3, 0.4) is 0 Å². The minimum Gasteiger partial charge on any atom is -0.493 e. The summed E-state index contributed by atoms with van der Waals surface area (Å²) in [5.74, 6) is 1.00. The van der Waals surface area contributed by atoms with Crippen LogP contribution in [0.15, 0.2) is 48.5 Å². The first-order valence-electron chi connectivity index (χ1n) is 11.2. The molecule has 2 N–H and O–H groups in total. The topological polar surface area (TPSA) is 38.5 Å². The van der Waals surface area contributed by atoms with Crippen molar-refractivity contribution < 1.29 is 17.9 Å². The van der Waals surface area contributed by atoms with Gasteiger partial charge >= 0.3 is 6.18 Å². The summed E-state index contributed by atoms with van der Waals surface area (Å²) in [5.41, 5.74) is 7.39. The summed E-state index contributed by atoms with van der Waals surface area (Å²) in [7, 11) is 0. The van der Waals surface area contributed by atoms with E-state index in [0.717, 1.165) is 43.8 Å². The number of rotatable bonds is 9. The monoisotopic (exact) mass is 434 g/mol. The molecule has 2 unspecified atom stereocenters. The van der Waals surface area contributed by atoms with Crippen molar-refractivity contribution in [2.75, 3.05) is 26.2 Å². The molecule has 3 nitrogen and oxygen atoms in total. The Morgan fingerprint density at radius 3 is 2.19 bits per heavy atom. The van der Waals surface area contributed by atoms with Crippen LogP contribution in [0.2, 0.25) is 0 Å². The van der Waals surface area contributed by atoms with E-state index in [9.17, 15) is 13.2 Å². The number of nitrogens with zero attached hydrogens (tertiary/aromatic N) is 1.